The molecule has 0 radical (unpaired) electrons. The summed E-state index contributed by atoms with van der Waals surface area (Å²) in [7, 11) is 3.99. The Morgan fingerprint density at radius 1 is 1.12 bits per heavy atom. The van der Waals surface area contributed by atoms with Crippen LogP contribution in [-0.4, -0.2) is 30.9 Å². The first kappa shape index (κ1) is 18.5. The van der Waals surface area contributed by atoms with Crippen LogP contribution >= 0.6 is 24.0 Å². The van der Waals surface area contributed by atoms with Crippen LogP contribution in [0.2, 0.25) is 0 Å². The summed E-state index contributed by atoms with van der Waals surface area (Å²) < 4.78 is 5.98. The Kier molecular flexibility index (Phi) is 5.64. The fourth-order valence-corrected chi connectivity index (χ4v) is 3.87. The van der Waals surface area contributed by atoms with E-state index in [1.165, 1.54) is 11.8 Å². The van der Waals surface area contributed by atoms with Gasteiger partial charge in [0.15, 0.2) is 4.32 Å². The largest absolute Gasteiger partial charge is 0.494 e. The van der Waals surface area contributed by atoms with Crippen LogP contribution in [0.15, 0.2) is 53.4 Å². The molecule has 2 aromatic rings. The molecule has 134 valence electrons. The third-order valence-electron chi connectivity index (χ3n) is 3.91. The highest BCUT2D eigenvalue weighted by atomic mass is 32.2. The van der Waals surface area contributed by atoms with E-state index in [4.69, 9.17) is 17.0 Å². The lowest BCUT2D eigenvalue weighted by atomic mass is 10.2. The predicted molar refractivity (Wildman–Crippen MR) is 114 cm³/mol. The van der Waals surface area contributed by atoms with Crippen LogP contribution in [-0.2, 0) is 4.79 Å². The lowest BCUT2D eigenvalue weighted by Crippen LogP contribution is -2.27. The van der Waals surface area contributed by atoms with Crippen LogP contribution < -0.4 is 14.5 Å². The first-order valence-corrected chi connectivity index (χ1v) is 9.50. The third kappa shape index (κ3) is 3.92. The second-order valence-electron chi connectivity index (χ2n) is 5.93. The average Bonchev–Trinajstić information content (AvgIpc) is 2.90. The summed E-state index contributed by atoms with van der Waals surface area (Å²) in [5.41, 5.74) is 2.84. The van der Waals surface area contributed by atoms with Crippen molar-refractivity contribution in [1.82, 2.24) is 0 Å². The highest BCUT2D eigenvalue weighted by molar-refractivity contribution is 8.27. The van der Waals surface area contributed by atoms with E-state index < -0.39 is 0 Å². The molecule has 6 heteroatoms. The van der Waals surface area contributed by atoms with Crippen molar-refractivity contribution in [2.75, 3.05) is 30.5 Å². The molecule has 0 bridgehead atoms. The van der Waals surface area contributed by atoms with E-state index in [9.17, 15) is 4.79 Å². The molecule has 26 heavy (non-hydrogen) atoms. The summed E-state index contributed by atoms with van der Waals surface area (Å²) >= 11 is 6.74. The number of rotatable bonds is 5. The average molecular weight is 385 g/mol. The van der Waals surface area contributed by atoms with Crippen molar-refractivity contribution in [3.05, 3.63) is 59.0 Å². The second kappa shape index (κ2) is 7.93. The molecule has 0 N–H and O–H groups in total. The lowest BCUT2D eigenvalue weighted by Gasteiger charge is -2.15. The molecule has 4 nitrogen and oxygen atoms in total. The number of anilines is 2. The van der Waals surface area contributed by atoms with Gasteiger partial charge in [-0.2, -0.15) is 0 Å². The van der Waals surface area contributed by atoms with Crippen molar-refractivity contribution >= 4 is 51.7 Å². The Bertz CT molecular complexity index is 843. The molecular formula is C20H20N2O2S2. The van der Waals surface area contributed by atoms with E-state index in [1.54, 1.807) is 4.90 Å². The Balaban J connectivity index is 1.81. The molecule has 0 atom stereocenters. The first-order valence-electron chi connectivity index (χ1n) is 8.28. The number of benzene rings is 2. The van der Waals surface area contributed by atoms with Gasteiger partial charge < -0.3 is 9.64 Å². The smallest absolute Gasteiger partial charge is 0.270 e. The summed E-state index contributed by atoms with van der Waals surface area (Å²) in [5.74, 6) is 0.680. The van der Waals surface area contributed by atoms with Crippen molar-refractivity contribution in [3.63, 3.8) is 0 Å². The van der Waals surface area contributed by atoms with E-state index in [0.717, 1.165) is 22.7 Å². The molecule has 0 aromatic heterocycles. The van der Waals surface area contributed by atoms with Crippen molar-refractivity contribution in [2.45, 2.75) is 6.92 Å². The summed E-state index contributed by atoms with van der Waals surface area (Å²) in [4.78, 5) is 17.0. The monoisotopic (exact) mass is 384 g/mol. The van der Waals surface area contributed by atoms with E-state index in [0.29, 0.717) is 15.8 Å². The SMILES string of the molecule is CCOc1ccc(N2C(=O)C(=Cc3ccc(N(C)C)cc3)SC2=S)cc1. The summed E-state index contributed by atoms with van der Waals surface area (Å²) in [6.07, 6.45) is 1.88. The van der Waals surface area contributed by atoms with Crippen molar-refractivity contribution in [1.29, 1.82) is 0 Å². The molecule has 1 heterocycles. The molecule has 1 aliphatic rings. The normalized spacial score (nSPS) is 15.7. The number of amides is 1. The van der Waals surface area contributed by atoms with Gasteiger partial charge in [0.1, 0.15) is 5.75 Å². The summed E-state index contributed by atoms with van der Waals surface area (Å²) in [6.45, 7) is 2.54. The third-order valence-corrected chi connectivity index (χ3v) is 5.21. The molecular weight excluding hydrogens is 364 g/mol. The Hall–Kier alpha value is -2.31. The van der Waals surface area contributed by atoms with Crippen LogP contribution in [0, 0.1) is 0 Å². The van der Waals surface area contributed by atoms with E-state index in [2.05, 4.69) is 0 Å². The highest BCUT2D eigenvalue weighted by Crippen LogP contribution is 2.36. The number of hydrogen-bond donors (Lipinski definition) is 0. The van der Waals surface area contributed by atoms with Gasteiger partial charge >= 0.3 is 0 Å². The fourth-order valence-electron chi connectivity index (χ4n) is 2.57. The minimum Gasteiger partial charge on any atom is -0.494 e. The number of thioether (sulfide) groups is 1. The van der Waals surface area contributed by atoms with E-state index in [1.807, 2.05) is 80.5 Å². The van der Waals surface area contributed by atoms with Crippen molar-refractivity contribution in [3.8, 4) is 5.75 Å². The molecule has 1 saturated heterocycles. The van der Waals surface area contributed by atoms with Gasteiger partial charge in [0.2, 0.25) is 0 Å². The summed E-state index contributed by atoms with van der Waals surface area (Å²) in [5, 5.41) is 0. The quantitative estimate of drug-likeness (QED) is 0.558. The number of hydrogen-bond acceptors (Lipinski definition) is 5. The fraction of sp³-hybridized carbons (Fsp3) is 0.200. The lowest BCUT2D eigenvalue weighted by molar-refractivity contribution is -0.113. The zero-order valence-corrected chi connectivity index (χ0v) is 16.6. The van der Waals surface area contributed by atoms with Crippen LogP contribution in [0.3, 0.4) is 0 Å². The van der Waals surface area contributed by atoms with Gasteiger partial charge in [-0.15, -0.1) is 0 Å². The molecule has 0 unspecified atom stereocenters. The molecule has 0 spiro atoms. The van der Waals surface area contributed by atoms with Crippen LogP contribution in [0.1, 0.15) is 12.5 Å². The van der Waals surface area contributed by atoms with Crippen LogP contribution in [0.5, 0.6) is 5.75 Å². The summed E-state index contributed by atoms with van der Waals surface area (Å²) in [6, 6.07) is 15.5. The van der Waals surface area contributed by atoms with Crippen molar-refractivity contribution < 1.29 is 9.53 Å². The van der Waals surface area contributed by atoms with Gasteiger partial charge in [0, 0.05) is 19.8 Å². The maximum Gasteiger partial charge on any atom is 0.270 e. The number of thiocarbonyl (C=S) groups is 1. The number of nitrogens with zero attached hydrogens (tertiary/aromatic N) is 2. The Morgan fingerprint density at radius 3 is 2.35 bits per heavy atom. The van der Waals surface area contributed by atoms with E-state index >= 15 is 0 Å². The molecule has 1 amide bonds. The minimum atomic E-state index is -0.0964. The molecule has 0 saturated carbocycles. The molecule has 0 aliphatic carbocycles. The number of carbonyl (C=O) groups excluding carboxylic acids is 1. The zero-order chi connectivity index (χ0) is 18.7. The highest BCUT2D eigenvalue weighted by Gasteiger charge is 2.33. The maximum absolute atomic E-state index is 12.8. The minimum absolute atomic E-state index is 0.0964. The predicted octanol–water partition coefficient (Wildman–Crippen LogP) is 4.56. The van der Waals surface area contributed by atoms with Gasteiger partial charge in [-0.25, -0.2) is 0 Å². The Labute approximate surface area is 163 Å². The van der Waals surface area contributed by atoms with Gasteiger partial charge in [0.05, 0.1) is 17.2 Å². The van der Waals surface area contributed by atoms with Gasteiger partial charge in [-0.3, -0.25) is 9.69 Å². The maximum atomic E-state index is 12.8. The molecule has 2 aromatic carbocycles. The van der Waals surface area contributed by atoms with Crippen LogP contribution in [0.4, 0.5) is 11.4 Å². The molecule has 3 rings (SSSR count). The van der Waals surface area contributed by atoms with E-state index in [-0.39, 0.29) is 5.91 Å². The standard InChI is InChI=1S/C20H20N2O2S2/c1-4-24-17-11-9-16(10-12-17)22-19(23)18(26-20(22)25)13-14-5-7-15(8-6-14)21(2)3/h5-13H,4H2,1-3H3. The van der Waals surface area contributed by atoms with Crippen molar-refractivity contribution in [2.24, 2.45) is 0 Å². The second-order valence-corrected chi connectivity index (χ2v) is 7.61. The first-order chi connectivity index (χ1) is 12.5. The van der Waals surface area contributed by atoms with Gasteiger partial charge in [0.25, 0.3) is 5.91 Å². The number of ether oxygens (including phenoxy) is 1. The zero-order valence-electron chi connectivity index (χ0n) is 14.9. The molecule has 1 aliphatic heterocycles. The van der Waals surface area contributed by atoms with Gasteiger partial charge in [-0.05, 0) is 55.0 Å². The topological polar surface area (TPSA) is 32.8 Å². The van der Waals surface area contributed by atoms with Crippen LogP contribution in [0.25, 0.3) is 6.08 Å². The molecule has 1 fully saturated rings. The van der Waals surface area contributed by atoms with Gasteiger partial charge in [-0.1, -0.05) is 36.1 Å². The number of carbonyl (C=O) groups is 1. The Morgan fingerprint density at radius 2 is 1.77 bits per heavy atom.